The Morgan fingerprint density at radius 3 is 2.14 bits per heavy atom. The minimum Gasteiger partial charge on any atom is -0.489 e. The van der Waals surface area contributed by atoms with E-state index in [1.165, 1.54) is 6.07 Å². The van der Waals surface area contributed by atoms with Crippen LogP contribution in [0.25, 0.3) is 0 Å². The van der Waals surface area contributed by atoms with E-state index in [9.17, 15) is 10.1 Å². The monoisotopic (exact) mass is 708 g/mol. The maximum atomic E-state index is 12.6. The van der Waals surface area contributed by atoms with Gasteiger partial charge in [-0.3, -0.25) is 0 Å². The van der Waals surface area contributed by atoms with Gasteiger partial charge in [0.1, 0.15) is 45.5 Å². The SMILES string of the molecule is N#CC1=C(N)Oc2cc(OC(=O)COc3c(Cl)c(Cl)c(Cl)c(Cl)c3Cl)ccc2C1c1ccc(OCc2ccccc2Cl)cc1. The number of nitrogens with two attached hydrogens (primary N) is 1. The number of rotatable bonds is 8. The topological polar surface area (TPSA) is 104 Å². The molecule has 4 aromatic rings. The summed E-state index contributed by atoms with van der Waals surface area (Å²) in [6.45, 7) is -0.289. The van der Waals surface area contributed by atoms with E-state index in [-0.39, 0.29) is 48.1 Å². The summed E-state index contributed by atoms with van der Waals surface area (Å²) in [5.74, 6) is -0.471. The molecule has 0 amide bonds. The van der Waals surface area contributed by atoms with Crippen molar-refractivity contribution < 1.29 is 23.7 Å². The van der Waals surface area contributed by atoms with Gasteiger partial charge in [0.05, 0.1) is 21.0 Å². The molecular formula is C31H18Cl6N2O5. The van der Waals surface area contributed by atoms with E-state index in [1.807, 2.05) is 30.3 Å². The van der Waals surface area contributed by atoms with E-state index < -0.39 is 18.5 Å². The second-order valence-corrected chi connectivity index (χ2v) is 11.5. The predicted octanol–water partition coefficient (Wildman–Crippen LogP) is 9.39. The number of fused-ring (bicyclic) bond motifs is 1. The third kappa shape index (κ3) is 6.62. The molecule has 1 unspecified atom stereocenters. The molecule has 0 aliphatic carbocycles. The standard InChI is InChI=1S/C31H18Cl6N2O5/c32-21-4-2-1-3-16(21)13-41-17-7-5-15(6-8-17)24-19-10-9-18(11-22(19)44-31(39)20(24)12-38)43-23(40)14-42-30-28(36)26(34)25(33)27(35)29(30)37/h1-11,24H,13-14,39H2. The fourth-order valence-electron chi connectivity index (χ4n) is 4.38. The summed E-state index contributed by atoms with van der Waals surface area (Å²) < 4.78 is 22.5. The van der Waals surface area contributed by atoms with Crippen molar-refractivity contribution in [1.29, 1.82) is 5.26 Å². The summed E-state index contributed by atoms with van der Waals surface area (Å²) in [6, 6.07) is 21.5. The van der Waals surface area contributed by atoms with Crippen molar-refractivity contribution in [2.24, 2.45) is 5.73 Å². The molecular weight excluding hydrogens is 693 g/mol. The van der Waals surface area contributed by atoms with Crippen LogP contribution in [0, 0.1) is 11.3 Å². The Balaban J connectivity index is 1.31. The number of carbonyl (C=O) groups is 1. The molecule has 0 fully saturated rings. The van der Waals surface area contributed by atoms with Crippen LogP contribution in [-0.2, 0) is 11.4 Å². The van der Waals surface area contributed by atoms with Gasteiger partial charge in [0.15, 0.2) is 12.4 Å². The number of nitrogens with zero attached hydrogens (tertiary/aromatic N) is 1. The fourth-order valence-corrected chi connectivity index (χ4v) is 5.80. The number of esters is 1. The molecule has 2 N–H and O–H groups in total. The third-order valence-corrected chi connectivity index (χ3v) is 9.10. The molecule has 1 aliphatic rings. The summed E-state index contributed by atoms with van der Waals surface area (Å²) in [7, 11) is 0. The maximum Gasteiger partial charge on any atom is 0.349 e. The van der Waals surface area contributed by atoms with Crippen LogP contribution in [0.4, 0.5) is 0 Å². The Labute approximate surface area is 282 Å². The molecule has 5 rings (SSSR count). The van der Waals surface area contributed by atoms with Crippen LogP contribution in [-0.4, -0.2) is 12.6 Å². The molecule has 13 heteroatoms. The number of benzene rings is 4. The number of halogens is 6. The van der Waals surface area contributed by atoms with Crippen molar-refractivity contribution in [3.8, 4) is 29.1 Å². The van der Waals surface area contributed by atoms with Crippen LogP contribution in [0.3, 0.4) is 0 Å². The Morgan fingerprint density at radius 1 is 0.841 bits per heavy atom. The van der Waals surface area contributed by atoms with Gasteiger partial charge in [-0.25, -0.2) is 4.79 Å². The Kier molecular flexibility index (Phi) is 9.91. The Morgan fingerprint density at radius 2 is 1.48 bits per heavy atom. The lowest BCUT2D eigenvalue weighted by Gasteiger charge is -2.27. The third-order valence-electron chi connectivity index (χ3n) is 6.49. The lowest BCUT2D eigenvalue weighted by atomic mass is 9.83. The minimum absolute atomic E-state index is 0.0452. The number of hydrogen-bond donors (Lipinski definition) is 1. The molecule has 0 radical (unpaired) electrons. The molecule has 0 saturated carbocycles. The van der Waals surface area contributed by atoms with E-state index in [2.05, 4.69) is 6.07 Å². The van der Waals surface area contributed by atoms with E-state index in [4.69, 9.17) is 94.3 Å². The summed E-state index contributed by atoms with van der Waals surface area (Å²) in [6.07, 6.45) is 0. The minimum atomic E-state index is -0.791. The predicted molar refractivity (Wildman–Crippen MR) is 171 cm³/mol. The lowest BCUT2D eigenvalue weighted by molar-refractivity contribution is -0.136. The zero-order valence-corrected chi connectivity index (χ0v) is 26.7. The highest BCUT2D eigenvalue weighted by molar-refractivity contribution is 6.55. The van der Waals surface area contributed by atoms with Gasteiger partial charge in [-0.15, -0.1) is 0 Å². The quantitative estimate of drug-likeness (QED) is 0.0841. The zero-order valence-electron chi connectivity index (χ0n) is 22.2. The summed E-state index contributed by atoms with van der Waals surface area (Å²) in [5, 5.41) is 10.1. The molecule has 0 spiro atoms. The molecule has 0 saturated heterocycles. The van der Waals surface area contributed by atoms with Gasteiger partial charge in [-0.05, 0) is 29.8 Å². The van der Waals surface area contributed by atoms with Crippen molar-refractivity contribution >= 4 is 75.6 Å². The molecule has 7 nitrogen and oxygen atoms in total. The fraction of sp³-hybridized carbons (Fsp3) is 0.0968. The average molecular weight is 711 g/mol. The highest BCUT2D eigenvalue weighted by Gasteiger charge is 2.31. The van der Waals surface area contributed by atoms with Crippen LogP contribution < -0.4 is 24.7 Å². The highest BCUT2D eigenvalue weighted by atomic mass is 35.5. The van der Waals surface area contributed by atoms with Crippen molar-refractivity contribution in [2.75, 3.05) is 6.61 Å². The second-order valence-electron chi connectivity index (χ2n) is 9.24. The van der Waals surface area contributed by atoms with Crippen LogP contribution in [0.15, 0.2) is 78.2 Å². The summed E-state index contributed by atoms with van der Waals surface area (Å²) >= 11 is 36.6. The smallest absolute Gasteiger partial charge is 0.349 e. The number of allylic oxidation sites excluding steroid dienone is 1. The second kappa shape index (κ2) is 13.7. The molecule has 4 aromatic carbocycles. The highest BCUT2D eigenvalue weighted by Crippen LogP contribution is 2.48. The van der Waals surface area contributed by atoms with Crippen molar-refractivity contribution in [1.82, 2.24) is 0 Å². The molecule has 224 valence electrons. The zero-order chi connectivity index (χ0) is 31.5. The first-order valence-corrected chi connectivity index (χ1v) is 14.9. The van der Waals surface area contributed by atoms with Crippen molar-refractivity contribution in [3.05, 3.63) is 125 Å². The Hall–Kier alpha value is -3.48. The average Bonchev–Trinajstić information content (AvgIpc) is 3.02. The van der Waals surface area contributed by atoms with Gasteiger partial charge in [0, 0.05) is 22.2 Å². The van der Waals surface area contributed by atoms with Gasteiger partial charge < -0.3 is 24.7 Å². The lowest BCUT2D eigenvalue weighted by Crippen LogP contribution is -2.21. The summed E-state index contributed by atoms with van der Waals surface area (Å²) in [4.78, 5) is 12.6. The van der Waals surface area contributed by atoms with Gasteiger partial charge in [0.2, 0.25) is 5.88 Å². The van der Waals surface area contributed by atoms with Gasteiger partial charge >= 0.3 is 5.97 Å². The number of hydrogen-bond acceptors (Lipinski definition) is 7. The molecule has 1 heterocycles. The molecule has 1 atom stereocenters. The molecule has 44 heavy (non-hydrogen) atoms. The van der Waals surface area contributed by atoms with Crippen LogP contribution in [0.5, 0.6) is 23.0 Å². The Bertz CT molecular complexity index is 1810. The number of nitriles is 1. The number of carbonyl (C=O) groups excluding carboxylic acids is 1. The molecule has 0 bridgehead atoms. The molecule has 0 aromatic heterocycles. The van der Waals surface area contributed by atoms with Crippen molar-refractivity contribution in [2.45, 2.75) is 12.5 Å². The normalized spacial score (nSPS) is 13.9. The van der Waals surface area contributed by atoms with Gasteiger partial charge in [-0.1, -0.05) is 106 Å². The maximum absolute atomic E-state index is 12.6. The first-order valence-electron chi connectivity index (χ1n) is 12.6. The van der Waals surface area contributed by atoms with Crippen LogP contribution >= 0.6 is 69.6 Å². The largest absolute Gasteiger partial charge is 0.489 e. The van der Waals surface area contributed by atoms with E-state index in [0.29, 0.717) is 28.7 Å². The van der Waals surface area contributed by atoms with Gasteiger partial charge in [-0.2, -0.15) is 5.26 Å². The van der Waals surface area contributed by atoms with E-state index in [0.717, 1.165) is 11.1 Å². The first kappa shape index (κ1) is 31.9. The van der Waals surface area contributed by atoms with E-state index >= 15 is 0 Å². The summed E-state index contributed by atoms with van der Waals surface area (Å²) in [5.41, 5.74) is 8.62. The van der Waals surface area contributed by atoms with Crippen LogP contribution in [0.2, 0.25) is 30.1 Å². The van der Waals surface area contributed by atoms with Crippen molar-refractivity contribution in [3.63, 3.8) is 0 Å². The van der Waals surface area contributed by atoms with E-state index in [1.54, 1.807) is 30.3 Å². The first-order chi connectivity index (χ1) is 21.1. The number of ether oxygens (including phenoxy) is 4. The van der Waals surface area contributed by atoms with Crippen LogP contribution in [0.1, 0.15) is 22.6 Å². The molecule has 1 aliphatic heterocycles. The van der Waals surface area contributed by atoms with Gasteiger partial charge in [0.25, 0.3) is 0 Å².